The number of aromatic nitrogens is 2. The second-order valence-corrected chi connectivity index (χ2v) is 6.54. The van der Waals surface area contributed by atoms with Crippen molar-refractivity contribution in [1.82, 2.24) is 9.78 Å². The van der Waals surface area contributed by atoms with Crippen LogP contribution in [0.25, 0.3) is 0 Å². The van der Waals surface area contributed by atoms with Crippen LogP contribution in [0.4, 0.5) is 10.1 Å². The molecule has 0 atom stereocenters. The lowest BCUT2D eigenvalue weighted by Crippen LogP contribution is -2.16. The van der Waals surface area contributed by atoms with Gasteiger partial charge in [-0.1, -0.05) is 12.2 Å². The van der Waals surface area contributed by atoms with Gasteiger partial charge in [-0.3, -0.25) is 9.40 Å². The molecular weight excluding hydrogens is 315 g/mol. The first-order chi connectivity index (χ1) is 9.70. The number of aryl methyl sites for hydroxylation is 2. The molecule has 0 unspecified atom stereocenters. The third-order valence-electron chi connectivity index (χ3n) is 2.77. The van der Waals surface area contributed by atoms with E-state index in [2.05, 4.69) is 9.82 Å². The number of thiocarbonyl (C=S) groups is 1. The SMILES string of the molecule is Cc1nn(C)cc1NS(=O)(=O)c1ccc(F)c(C(N)=S)c1. The predicted octanol–water partition coefficient (Wildman–Crippen LogP) is 1.30. The van der Waals surface area contributed by atoms with Gasteiger partial charge in [0.05, 0.1) is 16.3 Å². The summed E-state index contributed by atoms with van der Waals surface area (Å²) in [6.07, 6.45) is 1.53. The number of sulfonamides is 1. The molecule has 0 aliphatic heterocycles. The Bertz CT molecular complexity index is 815. The van der Waals surface area contributed by atoms with Crippen LogP contribution in [-0.2, 0) is 17.1 Å². The highest BCUT2D eigenvalue weighted by atomic mass is 32.2. The molecule has 0 amide bonds. The lowest BCUT2D eigenvalue weighted by atomic mass is 10.2. The van der Waals surface area contributed by atoms with E-state index in [9.17, 15) is 12.8 Å². The Labute approximate surface area is 126 Å². The van der Waals surface area contributed by atoms with Crippen LogP contribution in [0.2, 0.25) is 0 Å². The Morgan fingerprint density at radius 3 is 2.67 bits per heavy atom. The fourth-order valence-corrected chi connectivity index (χ4v) is 3.05. The van der Waals surface area contributed by atoms with Crippen molar-refractivity contribution in [1.29, 1.82) is 0 Å². The highest BCUT2D eigenvalue weighted by molar-refractivity contribution is 7.92. The summed E-state index contributed by atoms with van der Waals surface area (Å²) < 4.78 is 42.0. The number of anilines is 1. The van der Waals surface area contributed by atoms with Crippen molar-refractivity contribution >= 4 is 32.9 Å². The smallest absolute Gasteiger partial charge is 0.262 e. The van der Waals surface area contributed by atoms with E-state index in [0.29, 0.717) is 11.4 Å². The van der Waals surface area contributed by atoms with Crippen molar-refractivity contribution in [3.8, 4) is 0 Å². The number of hydrogen-bond acceptors (Lipinski definition) is 4. The molecule has 2 aromatic rings. The summed E-state index contributed by atoms with van der Waals surface area (Å²) in [5.74, 6) is -0.668. The molecule has 9 heteroatoms. The summed E-state index contributed by atoms with van der Waals surface area (Å²) in [5.41, 5.74) is 6.13. The Morgan fingerprint density at radius 1 is 1.48 bits per heavy atom. The molecule has 0 aliphatic rings. The van der Waals surface area contributed by atoms with Crippen LogP contribution in [0.3, 0.4) is 0 Å². The Hall–Kier alpha value is -2.00. The number of nitrogens with one attached hydrogen (secondary N) is 1. The molecule has 1 aromatic carbocycles. The summed E-state index contributed by atoms with van der Waals surface area (Å²) in [6, 6.07) is 3.26. The largest absolute Gasteiger partial charge is 0.389 e. The van der Waals surface area contributed by atoms with Crippen LogP contribution in [-0.4, -0.2) is 23.2 Å². The minimum atomic E-state index is -3.88. The van der Waals surface area contributed by atoms with E-state index in [1.807, 2.05) is 0 Å². The van der Waals surface area contributed by atoms with Gasteiger partial charge in [-0.2, -0.15) is 5.10 Å². The molecule has 112 valence electrons. The summed E-state index contributed by atoms with van der Waals surface area (Å²) >= 11 is 4.70. The van der Waals surface area contributed by atoms with Gasteiger partial charge in [0, 0.05) is 18.8 Å². The third kappa shape index (κ3) is 3.19. The monoisotopic (exact) mass is 328 g/mol. The third-order valence-corrected chi connectivity index (χ3v) is 4.35. The minimum absolute atomic E-state index is 0.115. The van der Waals surface area contributed by atoms with Crippen molar-refractivity contribution in [2.45, 2.75) is 11.8 Å². The maximum absolute atomic E-state index is 13.5. The minimum Gasteiger partial charge on any atom is -0.389 e. The van der Waals surface area contributed by atoms with Crippen LogP contribution < -0.4 is 10.5 Å². The van der Waals surface area contributed by atoms with Crippen LogP contribution >= 0.6 is 12.2 Å². The van der Waals surface area contributed by atoms with Gasteiger partial charge in [0.25, 0.3) is 10.0 Å². The van der Waals surface area contributed by atoms with Crippen molar-refractivity contribution < 1.29 is 12.8 Å². The Balaban J connectivity index is 2.42. The number of rotatable bonds is 4. The van der Waals surface area contributed by atoms with E-state index in [1.54, 1.807) is 14.0 Å². The normalized spacial score (nSPS) is 11.4. The first-order valence-electron chi connectivity index (χ1n) is 5.83. The van der Waals surface area contributed by atoms with E-state index in [0.717, 1.165) is 18.2 Å². The molecule has 0 fully saturated rings. The van der Waals surface area contributed by atoms with Gasteiger partial charge in [-0.15, -0.1) is 0 Å². The summed E-state index contributed by atoms with van der Waals surface area (Å²) in [6.45, 7) is 1.67. The predicted molar refractivity (Wildman–Crippen MR) is 81.0 cm³/mol. The molecular formula is C12H13FN4O2S2. The zero-order valence-electron chi connectivity index (χ0n) is 11.3. The summed E-state index contributed by atoms with van der Waals surface area (Å²) in [7, 11) is -2.21. The maximum atomic E-state index is 13.5. The van der Waals surface area contributed by atoms with Crippen molar-refractivity contribution in [3.63, 3.8) is 0 Å². The molecule has 0 bridgehead atoms. The second-order valence-electron chi connectivity index (χ2n) is 4.41. The molecule has 0 radical (unpaired) electrons. The zero-order valence-corrected chi connectivity index (χ0v) is 12.9. The molecule has 0 saturated carbocycles. The number of nitrogens with zero attached hydrogens (tertiary/aromatic N) is 2. The zero-order chi connectivity index (χ0) is 15.8. The van der Waals surface area contributed by atoms with E-state index >= 15 is 0 Å². The van der Waals surface area contributed by atoms with Gasteiger partial charge in [-0.05, 0) is 25.1 Å². The highest BCUT2D eigenvalue weighted by Gasteiger charge is 2.19. The Kier molecular flexibility index (Phi) is 3.97. The quantitative estimate of drug-likeness (QED) is 0.826. The molecule has 6 nitrogen and oxygen atoms in total. The number of nitrogens with two attached hydrogens (primary N) is 1. The molecule has 0 saturated heterocycles. The van der Waals surface area contributed by atoms with Gasteiger partial charge >= 0.3 is 0 Å². The van der Waals surface area contributed by atoms with Gasteiger partial charge < -0.3 is 5.73 Å². The van der Waals surface area contributed by atoms with Crippen molar-refractivity contribution in [2.24, 2.45) is 12.8 Å². The average molecular weight is 328 g/mol. The van der Waals surface area contributed by atoms with E-state index in [4.69, 9.17) is 18.0 Å². The van der Waals surface area contributed by atoms with Crippen LogP contribution in [0.1, 0.15) is 11.3 Å². The van der Waals surface area contributed by atoms with Crippen LogP contribution in [0, 0.1) is 12.7 Å². The molecule has 0 spiro atoms. The summed E-state index contributed by atoms with van der Waals surface area (Å²) in [4.78, 5) is -0.336. The molecule has 21 heavy (non-hydrogen) atoms. The average Bonchev–Trinajstić information content (AvgIpc) is 2.66. The Morgan fingerprint density at radius 2 is 2.14 bits per heavy atom. The van der Waals surface area contributed by atoms with E-state index < -0.39 is 15.8 Å². The summed E-state index contributed by atoms with van der Waals surface area (Å²) in [5, 5.41) is 4.04. The first kappa shape index (κ1) is 15.4. The van der Waals surface area contributed by atoms with E-state index in [-0.39, 0.29) is 15.4 Å². The van der Waals surface area contributed by atoms with Crippen LogP contribution in [0.15, 0.2) is 29.3 Å². The molecule has 2 rings (SSSR count). The first-order valence-corrected chi connectivity index (χ1v) is 7.72. The molecule has 1 heterocycles. The molecule has 0 aliphatic carbocycles. The van der Waals surface area contributed by atoms with Gasteiger partial charge in [0.1, 0.15) is 10.8 Å². The highest BCUT2D eigenvalue weighted by Crippen LogP contribution is 2.20. The van der Waals surface area contributed by atoms with Gasteiger partial charge in [-0.25, -0.2) is 12.8 Å². The lowest BCUT2D eigenvalue weighted by Gasteiger charge is -2.09. The number of hydrogen-bond donors (Lipinski definition) is 2. The topological polar surface area (TPSA) is 90.0 Å². The fraction of sp³-hybridized carbons (Fsp3) is 0.167. The standard InChI is InChI=1S/C12H13FN4O2S2/c1-7-11(6-17(2)15-7)16-21(18,19)8-3-4-10(13)9(5-8)12(14)20/h3-6,16H,1-2H3,(H2,14,20). The van der Waals surface area contributed by atoms with Crippen molar-refractivity contribution in [3.05, 3.63) is 41.5 Å². The molecule has 1 aromatic heterocycles. The molecule has 3 N–H and O–H groups in total. The number of halogens is 1. The maximum Gasteiger partial charge on any atom is 0.262 e. The van der Waals surface area contributed by atoms with Gasteiger partial charge in [0.2, 0.25) is 0 Å². The van der Waals surface area contributed by atoms with Crippen LogP contribution in [0.5, 0.6) is 0 Å². The number of benzene rings is 1. The van der Waals surface area contributed by atoms with Gasteiger partial charge in [0.15, 0.2) is 0 Å². The lowest BCUT2D eigenvalue weighted by molar-refractivity contribution is 0.599. The van der Waals surface area contributed by atoms with Crippen molar-refractivity contribution in [2.75, 3.05) is 4.72 Å². The second kappa shape index (κ2) is 5.41. The fourth-order valence-electron chi connectivity index (χ4n) is 1.76. The van der Waals surface area contributed by atoms with E-state index in [1.165, 1.54) is 10.9 Å².